The lowest BCUT2D eigenvalue weighted by Gasteiger charge is -2.20. The van der Waals surface area contributed by atoms with E-state index < -0.39 is 0 Å². The molecule has 0 aliphatic heterocycles. The van der Waals surface area contributed by atoms with Crippen LogP contribution in [0.1, 0.15) is 22.3 Å². The molecule has 0 atom stereocenters. The lowest BCUT2D eigenvalue weighted by Crippen LogP contribution is -2.03. The van der Waals surface area contributed by atoms with Crippen LogP contribution >= 0.6 is 0 Å². The summed E-state index contributed by atoms with van der Waals surface area (Å²) in [4.78, 5) is 32.8. The van der Waals surface area contributed by atoms with E-state index in [4.69, 9.17) is 29.9 Å². The Morgan fingerprint density at radius 1 is 0.158 bits per heavy atom. The third-order valence-corrected chi connectivity index (χ3v) is 22.2. The largest absolute Gasteiger partial charge is 0.309 e. The van der Waals surface area contributed by atoms with Gasteiger partial charge in [0.1, 0.15) is 0 Å². The molecular formula is C106H74N8. The molecule has 538 valence electrons. The number of aromatic nitrogens is 8. The first-order chi connectivity index (χ1) is 56.1. The Hall–Kier alpha value is -14.9. The van der Waals surface area contributed by atoms with Crippen molar-refractivity contribution in [3.63, 3.8) is 0 Å². The van der Waals surface area contributed by atoms with Gasteiger partial charge >= 0.3 is 0 Å². The van der Waals surface area contributed by atoms with E-state index in [2.05, 4.69) is 340 Å². The van der Waals surface area contributed by atoms with Crippen LogP contribution in [-0.2, 0) is 0 Å². The van der Waals surface area contributed by atoms with Crippen LogP contribution in [0.15, 0.2) is 376 Å². The molecule has 20 aromatic rings. The van der Waals surface area contributed by atoms with E-state index in [1.807, 2.05) is 72.8 Å². The highest BCUT2D eigenvalue weighted by Crippen LogP contribution is 2.48. The van der Waals surface area contributed by atoms with E-state index in [1.54, 1.807) is 0 Å². The lowest BCUT2D eigenvalue weighted by atomic mass is 9.86. The molecule has 0 bridgehead atoms. The Kier molecular flexibility index (Phi) is 17.3. The fourth-order valence-electron chi connectivity index (χ4n) is 16.3. The average Bonchev–Trinajstić information content (AvgIpc) is 1.54. The number of rotatable bonds is 15. The molecule has 0 N–H and O–H groups in total. The highest BCUT2D eigenvalue weighted by molar-refractivity contribution is 6.14. The van der Waals surface area contributed by atoms with E-state index in [0.717, 1.165) is 166 Å². The van der Waals surface area contributed by atoms with Crippen molar-refractivity contribution in [2.75, 3.05) is 0 Å². The van der Waals surface area contributed by atoms with Crippen molar-refractivity contribution in [3.8, 4) is 158 Å². The maximum Gasteiger partial charge on any atom is 0.164 e. The molecule has 0 aliphatic carbocycles. The fraction of sp³-hybridized carbons (Fsp3) is 0.0377. The smallest absolute Gasteiger partial charge is 0.164 e. The van der Waals surface area contributed by atoms with Crippen molar-refractivity contribution in [2.45, 2.75) is 27.7 Å². The maximum absolute atomic E-state index is 5.56. The summed E-state index contributed by atoms with van der Waals surface area (Å²) >= 11 is 0. The van der Waals surface area contributed by atoms with Gasteiger partial charge in [0.15, 0.2) is 34.9 Å². The summed E-state index contributed by atoms with van der Waals surface area (Å²) in [6.07, 6.45) is 0. The normalized spacial score (nSPS) is 11.5. The molecule has 0 amide bonds. The first kappa shape index (κ1) is 68.4. The topological polar surface area (TPSA) is 87.2 Å². The number of benzene rings is 16. The van der Waals surface area contributed by atoms with E-state index >= 15 is 0 Å². The standard InChI is InChI=1S/C106H74N8/c1-67-33-41-71(42-34-67)79-49-57-97-91(61-79)92-62-80(72-43-35-68(2)36-44-72)50-58-98(92)113(97)83-53-55-89(95(65-83)105-109-101(75-21-9-5-10-22-75)107-102(110-105)76-23-11-6-12-24-76)87-31-19-17-29-85(87)86-30-18-20-32-88(86)90-56-54-84(66-96(90)106-111-103(77-25-13-7-14-26-77)108-104(112-106)78-27-15-8-16-28-78)114-99-59-51-81(73-45-37-69(3)38-46-73)63-93(99)94-64-82(52-60-100(94)114)74-47-39-70(4)40-48-74/h5-66H,1-4H3. The van der Waals surface area contributed by atoms with Crippen LogP contribution in [0.2, 0.25) is 0 Å². The van der Waals surface area contributed by atoms with Crippen LogP contribution in [0, 0.1) is 27.7 Å². The summed E-state index contributed by atoms with van der Waals surface area (Å²) in [7, 11) is 0. The zero-order valence-electron chi connectivity index (χ0n) is 63.4. The Morgan fingerprint density at radius 2 is 0.368 bits per heavy atom. The SMILES string of the molecule is Cc1ccc(-c2ccc3c(c2)c2cc(-c4ccc(C)cc4)ccc2n3-c2ccc(-c3ccccc3-c3ccccc3-c3ccc(-n4c5ccc(-c6ccc(C)cc6)cc5c5cc(-c6ccc(C)cc6)ccc54)cc3-c3nc(-c4ccccc4)nc(-c4ccccc4)n3)c(-c3nc(-c4ccccc4)nc(-c4ccccc4)n3)c2)cc1. The van der Waals surface area contributed by atoms with Gasteiger partial charge in [-0.1, -0.05) is 326 Å². The van der Waals surface area contributed by atoms with Gasteiger partial charge in [0.2, 0.25) is 0 Å². The predicted molar refractivity (Wildman–Crippen MR) is 472 cm³/mol. The van der Waals surface area contributed by atoms with Crippen molar-refractivity contribution in [3.05, 3.63) is 398 Å². The second-order valence-electron chi connectivity index (χ2n) is 29.7. The molecule has 4 heterocycles. The van der Waals surface area contributed by atoms with Gasteiger partial charge in [0.25, 0.3) is 0 Å². The summed E-state index contributed by atoms with van der Waals surface area (Å²) < 4.78 is 4.83. The summed E-state index contributed by atoms with van der Waals surface area (Å²) in [5, 5.41) is 4.59. The predicted octanol–water partition coefficient (Wildman–Crippen LogP) is 27.2. The van der Waals surface area contributed by atoms with Crippen molar-refractivity contribution >= 4 is 43.6 Å². The van der Waals surface area contributed by atoms with Crippen LogP contribution in [0.5, 0.6) is 0 Å². The van der Waals surface area contributed by atoms with E-state index in [1.165, 1.54) is 22.3 Å². The van der Waals surface area contributed by atoms with Crippen LogP contribution in [-0.4, -0.2) is 39.0 Å². The molecule has 0 spiro atoms. The molecule has 16 aromatic carbocycles. The fourth-order valence-corrected chi connectivity index (χ4v) is 16.3. The molecule has 0 aliphatic rings. The molecule has 0 saturated carbocycles. The molecule has 4 aromatic heterocycles. The van der Waals surface area contributed by atoms with Crippen LogP contribution < -0.4 is 0 Å². The van der Waals surface area contributed by atoms with Gasteiger partial charge in [-0.05, 0) is 178 Å². The van der Waals surface area contributed by atoms with Crippen molar-refractivity contribution in [1.82, 2.24) is 39.0 Å². The minimum atomic E-state index is 0.533. The first-order valence-electron chi connectivity index (χ1n) is 38.8. The summed E-state index contributed by atoms with van der Waals surface area (Å²) in [6.45, 7) is 8.56. The third kappa shape index (κ3) is 12.8. The summed E-state index contributed by atoms with van der Waals surface area (Å²) in [5.41, 5.74) is 31.4. The van der Waals surface area contributed by atoms with Gasteiger partial charge in [-0.15, -0.1) is 0 Å². The van der Waals surface area contributed by atoms with Crippen LogP contribution in [0.3, 0.4) is 0 Å². The number of hydrogen-bond donors (Lipinski definition) is 0. The Labute approximate surface area is 662 Å². The summed E-state index contributed by atoms with van der Waals surface area (Å²) in [6, 6.07) is 135. The zero-order chi connectivity index (χ0) is 76.3. The Morgan fingerprint density at radius 3 is 0.614 bits per heavy atom. The first-order valence-corrected chi connectivity index (χ1v) is 38.8. The maximum atomic E-state index is 5.56. The molecule has 8 nitrogen and oxygen atoms in total. The van der Waals surface area contributed by atoms with Gasteiger partial charge in [-0.25, -0.2) is 29.9 Å². The Balaban J connectivity index is 0.818. The summed E-state index contributed by atoms with van der Waals surface area (Å²) in [5.74, 6) is 3.34. The third-order valence-electron chi connectivity index (χ3n) is 22.2. The van der Waals surface area contributed by atoms with Crippen LogP contribution in [0.4, 0.5) is 0 Å². The monoisotopic (exact) mass is 1460 g/mol. The molecule has 8 heteroatoms. The average molecular weight is 1460 g/mol. The molecule has 114 heavy (non-hydrogen) atoms. The molecule has 0 fully saturated rings. The van der Waals surface area contributed by atoms with Gasteiger partial charge < -0.3 is 9.13 Å². The van der Waals surface area contributed by atoms with Crippen molar-refractivity contribution < 1.29 is 0 Å². The van der Waals surface area contributed by atoms with E-state index in [-0.39, 0.29) is 0 Å². The minimum Gasteiger partial charge on any atom is -0.309 e. The minimum absolute atomic E-state index is 0.533. The quantitative estimate of drug-likeness (QED) is 0.102. The van der Waals surface area contributed by atoms with Gasteiger partial charge in [0, 0.05) is 66.3 Å². The van der Waals surface area contributed by atoms with E-state index in [9.17, 15) is 0 Å². The number of nitrogens with zero attached hydrogens (tertiary/aromatic N) is 8. The Bertz CT molecular complexity index is 6320. The zero-order valence-corrected chi connectivity index (χ0v) is 63.4. The second kappa shape index (κ2) is 28.9. The van der Waals surface area contributed by atoms with E-state index in [0.29, 0.717) is 34.9 Å². The molecule has 0 radical (unpaired) electrons. The number of fused-ring (bicyclic) bond motifs is 6. The molecule has 0 saturated heterocycles. The highest BCUT2D eigenvalue weighted by atomic mass is 15.1. The van der Waals surface area contributed by atoms with Gasteiger partial charge in [0.05, 0.1) is 22.1 Å². The number of aryl methyl sites for hydroxylation is 4. The highest BCUT2D eigenvalue weighted by Gasteiger charge is 2.26. The lowest BCUT2D eigenvalue weighted by molar-refractivity contribution is 1.07. The van der Waals surface area contributed by atoms with Crippen LogP contribution in [0.25, 0.3) is 201 Å². The van der Waals surface area contributed by atoms with Gasteiger partial charge in [-0.3, -0.25) is 0 Å². The van der Waals surface area contributed by atoms with Crippen molar-refractivity contribution in [2.24, 2.45) is 0 Å². The van der Waals surface area contributed by atoms with Gasteiger partial charge in [-0.2, -0.15) is 0 Å². The molecule has 20 rings (SSSR count). The van der Waals surface area contributed by atoms with Crippen molar-refractivity contribution in [1.29, 1.82) is 0 Å². The molecular weight excluding hydrogens is 1390 g/mol. The number of hydrogen-bond acceptors (Lipinski definition) is 6. The molecule has 0 unspecified atom stereocenters. The second-order valence-corrected chi connectivity index (χ2v) is 29.7.